The predicted molar refractivity (Wildman–Crippen MR) is 65.9 cm³/mol. The second-order valence-corrected chi connectivity index (χ2v) is 4.01. The zero-order valence-corrected chi connectivity index (χ0v) is 10.1. The monoisotopic (exact) mass is 276 g/mol. The van der Waals surface area contributed by atoms with E-state index in [0.717, 1.165) is 6.07 Å². The van der Waals surface area contributed by atoms with E-state index in [9.17, 15) is 18.0 Å². The van der Waals surface area contributed by atoms with Gasteiger partial charge in [0.2, 0.25) is 0 Å². The van der Waals surface area contributed by atoms with Gasteiger partial charge < -0.3 is 5.11 Å². The van der Waals surface area contributed by atoms with Crippen LogP contribution < -0.4 is 0 Å². The quantitative estimate of drug-likeness (QED) is 0.822. The molecule has 0 aromatic heterocycles. The van der Waals surface area contributed by atoms with Crippen LogP contribution in [0.2, 0.25) is 0 Å². The molecule has 1 rings (SSSR count). The van der Waals surface area contributed by atoms with Crippen LogP contribution >= 0.6 is 12.6 Å². The molecule has 98 valence electrons. The molecule has 0 radical (unpaired) electrons. The van der Waals surface area contributed by atoms with Gasteiger partial charge in [0, 0.05) is 0 Å². The van der Waals surface area contributed by atoms with Gasteiger partial charge in [0.15, 0.2) is 0 Å². The van der Waals surface area contributed by atoms with E-state index in [1.165, 1.54) is 12.1 Å². The van der Waals surface area contributed by atoms with Crippen LogP contribution in [0.5, 0.6) is 0 Å². The Hall–Kier alpha value is -1.43. The Morgan fingerprint density at radius 1 is 1.33 bits per heavy atom. The summed E-state index contributed by atoms with van der Waals surface area (Å²) in [7, 11) is 0. The molecule has 6 heteroatoms. The minimum Gasteiger partial charge on any atom is -0.478 e. The summed E-state index contributed by atoms with van der Waals surface area (Å²) >= 11 is 3.96. The van der Waals surface area contributed by atoms with E-state index < -0.39 is 17.7 Å². The first-order valence-electron chi connectivity index (χ1n) is 5.07. The van der Waals surface area contributed by atoms with Gasteiger partial charge in [0.05, 0.1) is 11.1 Å². The van der Waals surface area contributed by atoms with Gasteiger partial charge >= 0.3 is 12.1 Å². The third kappa shape index (κ3) is 4.10. The molecule has 0 aliphatic heterocycles. The fraction of sp³-hybridized carbons (Fsp3) is 0.250. The van der Waals surface area contributed by atoms with Crippen LogP contribution in [0.3, 0.4) is 0 Å². The Balaban J connectivity index is 3.18. The van der Waals surface area contributed by atoms with Crippen LogP contribution in [0.4, 0.5) is 13.2 Å². The lowest BCUT2D eigenvalue weighted by atomic mass is 10.0. The summed E-state index contributed by atoms with van der Waals surface area (Å²) in [6, 6.07) is 2.74. The van der Waals surface area contributed by atoms with Crippen molar-refractivity contribution in [3.63, 3.8) is 0 Å². The van der Waals surface area contributed by atoms with Crippen molar-refractivity contribution in [2.45, 2.75) is 12.6 Å². The Labute approximate surface area is 108 Å². The van der Waals surface area contributed by atoms with Crippen molar-refractivity contribution in [1.29, 1.82) is 0 Å². The van der Waals surface area contributed by atoms with E-state index >= 15 is 0 Å². The molecule has 0 aliphatic rings. The molecule has 0 saturated heterocycles. The van der Waals surface area contributed by atoms with E-state index in [4.69, 9.17) is 5.11 Å². The summed E-state index contributed by atoms with van der Waals surface area (Å²) in [5.74, 6) is -0.814. The summed E-state index contributed by atoms with van der Waals surface area (Å²) < 4.78 is 37.7. The molecular weight excluding hydrogens is 265 g/mol. The van der Waals surface area contributed by atoms with Crippen molar-refractivity contribution in [1.82, 2.24) is 0 Å². The molecule has 1 aromatic carbocycles. The minimum atomic E-state index is -4.56. The minimum absolute atomic E-state index is 0.212. The molecule has 0 spiro atoms. The first-order valence-corrected chi connectivity index (χ1v) is 5.71. The molecule has 2 nitrogen and oxygen atoms in total. The Morgan fingerprint density at radius 3 is 2.50 bits per heavy atom. The Kier molecular flexibility index (Phi) is 4.84. The molecule has 1 N–H and O–H groups in total. The van der Waals surface area contributed by atoms with Crippen molar-refractivity contribution in [3.8, 4) is 0 Å². The molecule has 0 fully saturated rings. The van der Waals surface area contributed by atoms with Gasteiger partial charge in [-0.1, -0.05) is 12.2 Å². The molecule has 1 aromatic rings. The average Bonchev–Trinajstić information content (AvgIpc) is 2.28. The standard InChI is InChI=1S/C12H11F3O2S/c13-12(14,15)10-6-8(3-1-2-4-18)5-9(7-10)11(16)17/h1,3,5-7,18H,2,4H2,(H,16,17). The van der Waals surface area contributed by atoms with Gasteiger partial charge in [-0.25, -0.2) is 4.79 Å². The lowest BCUT2D eigenvalue weighted by Gasteiger charge is -2.08. The maximum Gasteiger partial charge on any atom is 0.416 e. The second-order valence-electron chi connectivity index (χ2n) is 3.56. The number of hydrogen-bond donors (Lipinski definition) is 2. The summed E-state index contributed by atoms with van der Waals surface area (Å²) in [4.78, 5) is 10.8. The number of alkyl halides is 3. The smallest absolute Gasteiger partial charge is 0.416 e. The van der Waals surface area contributed by atoms with E-state index in [1.807, 2.05) is 0 Å². The Bertz CT molecular complexity index is 467. The normalized spacial score (nSPS) is 12.0. The second kappa shape index (κ2) is 5.95. The molecule has 0 saturated carbocycles. The first kappa shape index (κ1) is 14.6. The van der Waals surface area contributed by atoms with Crippen molar-refractivity contribution < 1.29 is 23.1 Å². The molecule has 0 aliphatic carbocycles. The van der Waals surface area contributed by atoms with Crippen LogP contribution in [0.1, 0.15) is 27.9 Å². The van der Waals surface area contributed by atoms with Gasteiger partial charge in [-0.15, -0.1) is 0 Å². The highest BCUT2D eigenvalue weighted by Crippen LogP contribution is 2.31. The summed E-state index contributed by atoms with van der Waals surface area (Å²) in [5, 5.41) is 8.77. The predicted octanol–water partition coefficient (Wildman–Crippen LogP) is 3.74. The highest BCUT2D eigenvalue weighted by atomic mass is 32.1. The fourth-order valence-electron chi connectivity index (χ4n) is 1.33. The molecule has 0 unspecified atom stereocenters. The van der Waals surface area contributed by atoms with Crippen molar-refractivity contribution >= 4 is 24.7 Å². The maximum atomic E-state index is 12.6. The fourth-order valence-corrected chi connectivity index (χ4v) is 1.48. The van der Waals surface area contributed by atoms with Gasteiger partial charge in [-0.2, -0.15) is 25.8 Å². The van der Waals surface area contributed by atoms with Crippen LogP contribution in [-0.4, -0.2) is 16.8 Å². The zero-order chi connectivity index (χ0) is 13.8. The maximum absolute atomic E-state index is 12.6. The summed E-state index contributed by atoms with van der Waals surface area (Å²) in [6.07, 6.45) is -0.856. The van der Waals surface area contributed by atoms with Crippen molar-refractivity contribution in [3.05, 3.63) is 41.0 Å². The molecular formula is C12H11F3O2S. The number of benzene rings is 1. The van der Waals surface area contributed by atoms with Gasteiger partial charge in [0.25, 0.3) is 0 Å². The van der Waals surface area contributed by atoms with Crippen LogP contribution in [-0.2, 0) is 6.18 Å². The van der Waals surface area contributed by atoms with Crippen LogP contribution in [0.25, 0.3) is 6.08 Å². The molecule has 0 heterocycles. The number of halogens is 3. The summed E-state index contributed by atoms with van der Waals surface area (Å²) in [5.41, 5.74) is -1.13. The third-order valence-electron chi connectivity index (χ3n) is 2.14. The van der Waals surface area contributed by atoms with Crippen LogP contribution in [0.15, 0.2) is 24.3 Å². The molecule has 18 heavy (non-hydrogen) atoms. The van der Waals surface area contributed by atoms with E-state index in [-0.39, 0.29) is 11.1 Å². The van der Waals surface area contributed by atoms with Gasteiger partial charge in [-0.05, 0) is 35.9 Å². The number of rotatable bonds is 4. The Morgan fingerprint density at radius 2 is 2.00 bits per heavy atom. The van der Waals surface area contributed by atoms with Gasteiger partial charge in [-0.3, -0.25) is 0 Å². The highest BCUT2D eigenvalue weighted by molar-refractivity contribution is 7.80. The SMILES string of the molecule is O=C(O)c1cc(C=CCCS)cc(C(F)(F)F)c1. The number of thiol groups is 1. The van der Waals surface area contributed by atoms with Crippen LogP contribution in [0, 0.1) is 0 Å². The van der Waals surface area contributed by atoms with E-state index in [2.05, 4.69) is 12.6 Å². The first-order chi connectivity index (χ1) is 8.34. The molecule has 0 atom stereocenters. The number of hydrogen-bond acceptors (Lipinski definition) is 2. The lowest BCUT2D eigenvalue weighted by molar-refractivity contribution is -0.137. The molecule has 0 amide bonds. The summed E-state index contributed by atoms with van der Waals surface area (Å²) in [6.45, 7) is 0. The third-order valence-corrected chi connectivity index (χ3v) is 2.39. The zero-order valence-electron chi connectivity index (χ0n) is 9.24. The average molecular weight is 276 g/mol. The number of carboxylic acid groups (broad SMARTS) is 1. The van der Waals surface area contributed by atoms with Gasteiger partial charge in [0.1, 0.15) is 0 Å². The van der Waals surface area contributed by atoms with E-state index in [1.54, 1.807) is 6.08 Å². The number of carbonyl (C=O) groups is 1. The largest absolute Gasteiger partial charge is 0.478 e. The number of carboxylic acids is 1. The van der Waals surface area contributed by atoms with E-state index in [0.29, 0.717) is 18.2 Å². The topological polar surface area (TPSA) is 37.3 Å². The lowest BCUT2D eigenvalue weighted by Crippen LogP contribution is -2.08. The highest BCUT2D eigenvalue weighted by Gasteiger charge is 2.31. The number of aromatic carboxylic acids is 1. The molecule has 0 bridgehead atoms. The number of allylic oxidation sites excluding steroid dienone is 1. The van der Waals surface area contributed by atoms with Crippen molar-refractivity contribution in [2.75, 3.05) is 5.75 Å². The van der Waals surface area contributed by atoms with Crippen molar-refractivity contribution in [2.24, 2.45) is 0 Å².